The molecule has 1 aromatic heterocycles. The average Bonchev–Trinajstić information content (AvgIpc) is 2.96. The fourth-order valence-corrected chi connectivity index (χ4v) is 4.32. The summed E-state index contributed by atoms with van der Waals surface area (Å²) in [4.78, 5) is 4.87. The van der Waals surface area contributed by atoms with Gasteiger partial charge < -0.3 is 9.67 Å². The molecule has 3 aromatic rings. The SMILES string of the molecule is Cc1cc(CN2CCN(CCO)CC2)c(C)n1-c1cccc2ccccc12. The third kappa shape index (κ3) is 3.65. The van der Waals surface area contributed by atoms with Gasteiger partial charge in [-0.3, -0.25) is 9.80 Å². The zero-order chi connectivity index (χ0) is 18.8. The molecule has 4 heteroatoms. The molecule has 0 aliphatic carbocycles. The number of nitrogens with zero attached hydrogens (tertiary/aromatic N) is 3. The van der Waals surface area contributed by atoms with E-state index in [2.05, 4.69) is 76.7 Å². The Morgan fingerprint density at radius 3 is 2.37 bits per heavy atom. The minimum Gasteiger partial charge on any atom is -0.395 e. The Hall–Kier alpha value is -2.14. The van der Waals surface area contributed by atoms with Gasteiger partial charge in [0.1, 0.15) is 0 Å². The summed E-state index contributed by atoms with van der Waals surface area (Å²) in [7, 11) is 0. The molecule has 0 radical (unpaired) electrons. The maximum absolute atomic E-state index is 9.11. The van der Waals surface area contributed by atoms with Gasteiger partial charge in [0.2, 0.25) is 0 Å². The van der Waals surface area contributed by atoms with E-state index >= 15 is 0 Å². The summed E-state index contributed by atoms with van der Waals surface area (Å²) in [6.07, 6.45) is 0. The molecule has 2 aromatic carbocycles. The van der Waals surface area contributed by atoms with E-state index in [1.54, 1.807) is 0 Å². The van der Waals surface area contributed by atoms with Crippen molar-refractivity contribution in [1.82, 2.24) is 14.4 Å². The lowest BCUT2D eigenvalue weighted by Crippen LogP contribution is -2.46. The zero-order valence-corrected chi connectivity index (χ0v) is 16.4. The zero-order valence-electron chi connectivity index (χ0n) is 16.4. The van der Waals surface area contributed by atoms with Gasteiger partial charge in [0.05, 0.1) is 12.3 Å². The molecular weight excluding hydrogens is 334 g/mol. The topological polar surface area (TPSA) is 31.6 Å². The summed E-state index contributed by atoms with van der Waals surface area (Å²) >= 11 is 0. The van der Waals surface area contributed by atoms with Crippen LogP contribution in [0, 0.1) is 13.8 Å². The smallest absolute Gasteiger partial charge is 0.0558 e. The molecule has 1 aliphatic heterocycles. The van der Waals surface area contributed by atoms with Crippen LogP contribution in [0.3, 0.4) is 0 Å². The number of aliphatic hydroxyl groups excluding tert-OH is 1. The van der Waals surface area contributed by atoms with Gasteiger partial charge in [-0.25, -0.2) is 0 Å². The molecule has 1 saturated heterocycles. The molecule has 0 saturated carbocycles. The van der Waals surface area contributed by atoms with E-state index in [9.17, 15) is 0 Å². The number of hydrogen-bond acceptors (Lipinski definition) is 3. The molecule has 0 bridgehead atoms. The Labute approximate surface area is 161 Å². The summed E-state index contributed by atoms with van der Waals surface area (Å²) in [5.74, 6) is 0. The fraction of sp³-hybridized carbons (Fsp3) is 0.391. The van der Waals surface area contributed by atoms with Gasteiger partial charge >= 0.3 is 0 Å². The van der Waals surface area contributed by atoms with Crippen molar-refractivity contribution in [1.29, 1.82) is 0 Å². The molecule has 27 heavy (non-hydrogen) atoms. The van der Waals surface area contributed by atoms with Gasteiger partial charge in [-0.15, -0.1) is 0 Å². The Morgan fingerprint density at radius 2 is 1.59 bits per heavy atom. The molecule has 1 N–H and O–H groups in total. The molecule has 0 atom stereocenters. The van der Waals surface area contributed by atoms with Crippen LogP contribution in [0.15, 0.2) is 48.5 Å². The van der Waals surface area contributed by atoms with Crippen LogP contribution >= 0.6 is 0 Å². The van der Waals surface area contributed by atoms with Crippen molar-refractivity contribution in [2.45, 2.75) is 20.4 Å². The van der Waals surface area contributed by atoms with E-state index in [4.69, 9.17) is 5.11 Å². The molecule has 4 nitrogen and oxygen atoms in total. The molecule has 4 rings (SSSR count). The van der Waals surface area contributed by atoms with E-state index in [1.165, 1.54) is 33.4 Å². The lowest BCUT2D eigenvalue weighted by molar-refractivity contribution is 0.108. The average molecular weight is 364 g/mol. The van der Waals surface area contributed by atoms with Gasteiger partial charge in [0.25, 0.3) is 0 Å². The third-order valence-electron chi connectivity index (χ3n) is 5.82. The lowest BCUT2D eigenvalue weighted by Gasteiger charge is -2.34. The highest BCUT2D eigenvalue weighted by molar-refractivity contribution is 5.90. The summed E-state index contributed by atoms with van der Waals surface area (Å²) in [5, 5.41) is 11.7. The van der Waals surface area contributed by atoms with E-state index < -0.39 is 0 Å². The van der Waals surface area contributed by atoms with Gasteiger partial charge in [0.15, 0.2) is 0 Å². The maximum atomic E-state index is 9.11. The van der Waals surface area contributed by atoms with Crippen LogP contribution in [0.1, 0.15) is 17.0 Å². The quantitative estimate of drug-likeness (QED) is 0.754. The van der Waals surface area contributed by atoms with E-state index in [1.807, 2.05) is 0 Å². The first-order chi connectivity index (χ1) is 13.2. The van der Waals surface area contributed by atoms with Crippen LogP contribution in [0.25, 0.3) is 16.5 Å². The minimum absolute atomic E-state index is 0.256. The number of benzene rings is 2. The van der Waals surface area contributed by atoms with Crippen LogP contribution in [-0.4, -0.2) is 58.8 Å². The third-order valence-corrected chi connectivity index (χ3v) is 5.82. The predicted molar refractivity (Wildman–Crippen MR) is 112 cm³/mol. The predicted octanol–water partition coefficient (Wildman–Crippen LogP) is 3.36. The van der Waals surface area contributed by atoms with Gasteiger partial charge in [-0.2, -0.15) is 0 Å². The van der Waals surface area contributed by atoms with Gasteiger partial charge in [-0.05, 0) is 36.9 Å². The summed E-state index contributed by atoms with van der Waals surface area (Å²) in [6.45, 7) is 10.7. The van der Waals surface area contributed by atoms with Crippen molar-refractivity contribution in [3.8, 4) is 5.69 Å². The number of rotatable bonds is 5. The first kappa shape index (κ1) is 18.2. The molecular formula is C23H29N3O. The van der Waals surface area contributed by atoms with Gasteiger partial charge in [-0.1, -0.05) is 36.4 Å². The normalized spacial score (nSPS) is 16.3. The van der Waals surface area contributed by atoms with Crippen molar-refractivity contribution < 1.29 is 5.11 Å². The van der Waals surface area contributed by atoms with E-state index in [0.717, 1.165) is 39.3 Å². The first-order valence-electron chi connectivity index (χ1n) is 9.89. The van der Waals surface area contributed by atoms with Crippen molar-refractivity contribution in [2.24, 2.45) is 0 Å². The van der Waals surface area contributed by atoms with Crippen molar-refractivity contribution in [2.75, 3.05) is 39.3 Å². The lowest BCUT2D eigenvalue weighted by atomic mass is 10.1. The number of piperazine rings is 1. The van der Waals surface area contributed by atoms with Crippen LogP contribution in [0.5, 0.6) is 0 Å². The fourth-order valence-electron chi connectivity index (χ4n) is 4.32. The number of hydrogen-bond donors (Lipinski definition) is 1. The van der Waals surface area contributed by atoms with Crippen LogP contribution in [0.2, 0.25) is 0 Å². The number of aromatic nitrogens is 1. The van der Waals surface area contributed by atoms with Crippen LogP contribution < -0.4 is 0 Å². The summed E-state index contributed by atoms with van der Waals surface area (Å²) in [6, 6.07) is 17.5. The molecule has 142 valence electrons. The molecule has 2 heterocycles. The molecule has 0 unspecified atom stereocenters. The highest BCUT2D eigenvalue weighted by atomic mass is 16.3. The second-order valence-corrected chi connectivity index (χ2v) is 7.57. The molecule has 1 fully saturated rings. The van der Waals surface area contributed by atoms with Crippen molar-refractivity contribution >= 4 is 10.8 Å². The monoisotopic (exact) mass is 363 g/mol. The van der Waals surface area contributed by atoms with Crippen LogP contribution in [-0.2, 0) is 6.54 Å². The molecule has 1 aliphatic rings. The standard InChI is InChI=1S/C23H29N3O/c1-18-16-21(17-25-12-10-24(11-13-25)14-15-27)19(2)26(18)23-9-5-7-20-6-3-4-8-22(20)23/h3-9,16,27H,10-15,17H2,1-2H3. The largest absolute Gasteiger partial charge is 0.395 e. The molecule has 0 spiro atoms. The highest BCUT2D eigenvalue weighted by Gasteiger charge is 2.19. The minimum atomic E-state index is 0.256. The van der Waals surface area contributed by atoms with E-state index in [0.29, 0.717) is 0 Å². The second kappa shape index (κ2) is 7.85. The Kier molecular flexibility index (Phi) is 5.30. The first-order valence-corrected chi connectivity index (χ1v) is 9.89. The summed E-state index contributed by atoms with van der Waals surface area (Å²) < 4.78 is 2.40. The Morgan fingerprint density at radius 1 is 0.889 bits per heavy atom. The maximum Gasteiger partial charge on any atom is 0.0558 e. The van der Waals surface area contributed by atoms with Crippen molar-refractivity contribution in [3.05, 3.63) is 65.5 Å². The van der Waals surface area contributed by atoms with Crippen molar-refractivity contribution in [3.63, 3.8) is 0 Å². The number of fused-ring (bicyclic) bond motifs is 1. The number of aryl methyl sites for hydroxylation is 1. The van der Waals surface area contributed by atoms with E-state index in [-0.39, 0.29) is 6.61 Å². The van der Waals surface area contributed by atoms with Gasteiger partial charge in [0, 0.05) is 56.0 Å². The second-order valence-electron chi connectivity index (χ2n) is 7.57. The summed E-state index contributed by atoms with van der Waals surface area (Å²) in [5.41, 5.74) is 5.30. The Balaban J connectivity index is 1.59. The Bertz CT molecular complexity index is 917. The number of β-amino-alcohol motifs (C(OH)–C–C–N with tert-alkyl or cyclic N) is 1. The highest BCUT2D eigenvalue weighted by Crippen LogP contribution is 2.28. The van der Waals surface area contributed by atoms with Crippen LogP contribution in [0.4, 0.5) is 0 Å². The molecule has 0 amide bonds. The number of aliphatic hydroxyl groups is 1.